The molecule has 1 N–H and O–H groups in total. The molecule has 22 heavy (non-hydrogen) atoms. The number of nitrogens with zero attached hydrogens (tertiary/aromatic N) is 1. The molecular formula is C13H9Cl2NO5S. The minimum absolute atomic E-state index is 0.101. The summed E-state index contributed by atoms with van der Waals surface area (Å²) in [7, 11) is 1.42. The highest BCUT2D eigenvalue weighted by molar-refractivity contribution is 8.18. The number of rotatable bonds is 4. The van der Waals surface area contributed by atoms with Gasteiger partial charge in [0.1, 0.15) is 6.54 Å². The van der Waals surface area contributed by atoms with Crippen molar-refractivity contribution >= 4 is 58.2 Å². The molecule has 0 saturated carbocycles. The van der Waals surface area contributed by atoms with Gasteiger partial charge in [-0.1, -0.05) is 23.2 Å². The van der Waals surface area contributed by atoms with Crippen LogP contribution < -0.4 is 4.74 Å². The molecule has 1 aromatic carbocycles. The molecule has 0 spiro atoms. The Morgan fingerprint density at radius 1 is 1.36 bits per heavy atom. The number of methoxy groups -OCH3 is 1. The number of ether oxygens (including phenoxy) is 1. The normalized spacial score (nSPS) is 16.5. The maximum atomic E-state index is 12.0. The maximum absolute atomic E-state index is 12.0. The van der Waals surface area contributed by atoms with Gasteiger partial charge in [-0.2, -0.15) is 0 Å². The van der Waals surface area contributed by atoms with Gasteiger partial charge >= 0.3 is 5.97 Å². The van der Waals surface area contributed by atoms with Crippen molar-refractivity contribution in [1.82, 2.24) is 4.90 Å². The van der Waals surface area contributed by atoms with E-state index in [1.54, 1.807) is 0 Å². The number of thioether (sulfide) groups is 1. The average molecular weight is 362 g/mol. The summed E-state index contributed by atoms with van der Waals surface area (Å²) >= 11 is 12.7. The predicted molar refractivity (Wildman–Crippen MR) is 83.3 cm³/mol. The minimum Gasteiger partial charge on any atom is -0.494 e. The number of benzene rings is 1. The molecule has 0 bridgehead atoms. The monoisotopic (exact) mass is 361 g/mol. The number of imide groups is 1. The summed E-state index contributed by atoms with van der Waals surface area (Å²) in [5.41, 5.74) is 0.497. The van der Waals surface area contributed by atoms with Gasteiger partial charge in [-0.15, -0.1) is 0 Å². The van der Waals surface area contributed by atoms with Gasteiger partial charge in [0, 0.05) is 0 Å². The van der Waals surface area contributed by atoms with Gasteiger partial charge in [-0.25, -0.2) is 0 Å². The van der Waals surface area contributed by atoms with E-state index in [-0.39, 0.29) is 15.0 Å². The Morgan fingerprint density at radius 3 is 2.45 bits per heavy atom. The van der Waals surface area contributed by atoms with Gasteiger partial charge in [0.25, 0.3) is 11.1 Å². The molecule has 1 saturated heterocycles. The second kappa shape index (κ2) is 6.60. The molecule has 6 nitrogen and oxygen atoms in total. The van der Waals surface area contributed by atoms with Crippen LogP contribution in [-0.2, 0) is 9.59 Å². The topological polar surface area (TPSA) is 83.9 Å². The quantitative estimate of drug-likeness (QED) is 0.829. The summed E-state index contributed by atoms with van der Waals surface area (Å²) in [4.78, 5) is 35.1. The summed E-state index contributed by atoms with van der Waals surface area (Å²) in [6.45, 7) is -0.674. The third-order valence-corrected chi connectivity index (χ3v) is 4.16. The second-order valence-corrected chi connectivity index (χ2v) is 5.99. The van der Waals surface area contributed by atoms with Crippen molar-refractivity contribution < 1.29 is 24.2 Å². The number of carbonyl (C=O) groups excluding carboxylic acids is 2. The molecule has 0 radical (unpaired) electrons. The number of carboxylic acid groups (broad SMARTS) is 1. The van der Waals surface area contributed by atoms with Gasteiger partial charge < -0.3 is 9.84 Å². The van der Waals surface area contributed by atoms with Crippen LogP contribution in [0.4, 0.5) is 4.79 Å². The van der Waals surface area contributed by atoms with E-state index < -0.39 is 23.7 Å². The molecule has 116 valence electrons. The third-order valence-electron chi connectivity index (χ3n) is 2.69. The Labute approximate surface area is 139 Å². The van der Waals surface area contributed by atoms with Gasteiger partial charge in [0.2, 0.25) is 0 Å². The Balaban J connectivity index is 2.33. The van der Waals surface area contributed by atoms with E-state index in [9.17, 15) is 14.4 Å². The number of aliphatic carboxylic acids is 1. The van der Waals surface area contributed by atoms with Crippen molar-refractivity contribution in [3.63, 3.8) is 0 Å². The number of hydrogen-bond acceptors (Lipinski definition) is 5. The predicted octanol–water partition coefficient (Wildman–Crippen LogP) is 3.12. The molecule has 0 aliphatic carbocycles. The Kier molecular flexibility index (Phi) is 5.00. The van der Waals surface area contributed by atoms with E-state index in [0.29, 0.717) is 28.0 Å². The number of carbonyl (C=O) groups is 3. The Bertz CT molecular complexity index is 681. The first-order valence-corrected chi connectivity index (χ1v) is 7.41. The lowest BCUT2D eigenvalue weighted by molar-refractivity contribution is -0.140. The minimum atomic E-state index is -1.26. The third kappa shape index (κ3) is 3.37. The first-order chi connectivity index (χ1) is 10.3. The van der Waals surface area contributed by atoms with E-state index in [2.05, 4.69) is 0 Å². The van der Waals surface area contributed by atoms with Gasteiger partial charge in [0.15, 0.2) is 5.75 Å². The highest BCUT2D eigenvalue weighted by Crippen LogP contribution is 2.37. The fourth-order valence-electron chi connectivity index (χ4n) is 1.78. The van der Waals surface area contributed by atoms with Gasteiger partial charge in [0.05, 0.1) is 22.1 Å². The van der Waals surface area contributed by atoms with Crippen LogP contribution in [0.3, 0.4) is 0 Å². The average Bonchev–Trinajstić information content (AvgIpc) is 2.66. The lowest BCUT2D eigenvalue weighted by Gasteiger charge is -2.08. The van der Waals surface area contributed by atoms with E-state index in [0.717, 1.165) is 0 Å². The van der Waals surface area contributed by atoms with E-state index in [1.165, 1.54) is 25.3 Å². The number of amides is 2. The van der Waals surface area contributed by atoms with Crippen LogP contribution in [0, 0.1) is 0 Å². The van der Waals surface area contributed by atoms with Crippen molar-refractivity contribution in [3.8, 4) is 5.75 Å². The van der Waals surface area contributed by atoms with Gasteiger partial charge in [-0.3, -0.25) is 19.3 Å². The van der Waals surface area contributed by atoms with Crippen LogP contribution in [0.1, 0.15) is 5.56 Å². The van der Waals surface area contributed by atoms with Crippen LogP contribution >= 0.6 is 35.0 Å². The molecule has 0 atom stereocenters. The summed E-state index contributed by atoms with van der Waals surface area (Å²) in [6.07, 6.45) is 1.42. The molecule has 2 amide bonds. The van der Waals surface area contributed by atoms with Crippen LogP contribution in [0.15, 0.2) is 17.0 Å². The standard InChI is InChI=1S/C13H9Cl2NO5S/c1-21-11-7(14)2-6(3-8(11)15)4-9-12(19)16(5-10(17)18)13(20)22-9/h2-4H,5H2,1H3,(H,17,18)/b9-4+. The lowest BCUT2D eigenvalue weighted by Crippen LogP contribution is -2.33. The first-order valence-electron chi connectivity index (χ1n) is 5.83. The Morgan fingerprint density at radius 2 is 1.95 bits per heavy atom. The highest BCUT2D eigenvalue weighted by atomic mass is 35.5. The van der Waals surface area contributed by atoms with Crippen molar-refractivity contribution in [2.75, 3.05) is 13.7 Å². The van der Waals surface area contributed by atoms with Crippen LogP contribution in [0.5, 0.6) is 5.75 Å². The molecule has 1 heterocycles. The maximum Gasteiger partial charge on any atom is 0.323 e. The van der Waals surface area contributed by atoms with Crippen molar-refractivity contribution in [3.05, 3.63) is 32.6 Å². The highest BCUT2D eigenvalue weighted by Gasteiger charge is 2.36. The van der Waals surface area contributed by atoms with Crippen molar-refractivity contribution in [2.45, 2.75) is 0 Å². The van der Waals surface area contributed by atoms with Gasteiger partial charge in [-0.05, 0) is 35.5 Å². The molecule has 1 fully saturated rings. The molecule has 9 heteroatoms. The Hall–Kier alpha value is -1.70. The molecule has 1 aromatic rings. The van der Waals surface area contributed by atoms with Crippen LogP contribution in [0.2, 0.25) is 10.0 Å². The summed E-state index contributed by atoms with van der Waals surface area (Å²) in [6, 6.07) is 3.05. The zero-order valence-electron chi connectivity index (χ0n) is 11.1. The number of halogens is 2. The molecule has 1 aliphatic heterocycles. The molecular weight excluding hydrogens is 353 g/mol. The fraction of sp³-hybridized carbons (Fsp3) is 0.154. The fourth-order valence-corrected chi connectivity index (χ4v) is 3.28. The van der Waals surface area contributed by atoms with Crippen LogP contribution in [-0.4, -0.2) is 40.8 Å². The molecule has 0 unspecified atom stereocenters. The first kappa shape index (κ1) is 16.7. The molecule has 1 aliphatic rings. The molecule has 2 rings (SSSR count). The van der Waals surface area contributed by atoms with E-state index in [4.69, 9.17) is 33.0 Å². The summed E-state index contributed by atoms with van der Waals surface area (Å²) in [5.74, 6) is -1.63. The van der Waals surface area contributed by atoms with Crippen molar-refractivity contribution in [1.29, 1.82) is 0 Å². The number of carboxylic acids is 1. The molecule has 0 aromatic heterocycles. The smallest absolute Gasteiger partial charge is 0.323 e. The summed E-state index contributed by atoms with van der Waals surface area (Å²) in [5, 5.41) is 8.57. The van der Waals surface area contributed by atoms with Crippen LogP contribution in [0.25, 0.3) is 6.08 Å². The SMILES string of the molecule is COc1c(Cl)cc(/C=C2/SC(=O)N(CC(=O)O)C2=O)cc1Cl. The zero-order chi connectivity index (χ0) is 16.4. The van der Waals surface area contributed by atoms with Crippen molar-refractivity contribution in [2.24, 2.45) is 0 Å². The summed E-state index contributed by atoms with van der Waals surface area (Å²) < 4.78 is 5.02. The second-order valence-electron chi connectivity index (χ2n) is 4.18. The number of hydrogen-bond donors (Lipinski definition) is 1. The zero-order valence-corrected chi connectivity index (χ0v) is 13.5. The van der Waals surface area contributed by atoms with E-state index in [1.807, 2.05) is 0 Å². The largest absolute Gasteiger partial charge is 0.494 e. The van der Waals surface area contributed by atoms with E-state index >= 15 is 0 Å². The lowest BCUT2D eigenvalue weighted by atomic mass is 10.2.